The normalized spacial score (nSPS) is 12.5. The maximum Gasteiger partial charge on any atom is 0.237 e. The number of amides is 1. The Hall–Kier alpha value is -2.36. The number of sulfone groups is 1. The third-order valence-corrected chi connectivity index (χ3v) is 7.74. The summed E-state index contributed by atoms with van der Waals surface area (Å²) in [5.74, 6) is -0.0953. The van der Waals surface area contributed by atoms with E-state index in [9.17, 15) is 13.2 Å². The summed E-state index contributed by atoms with van der Waals surface area (Å²) in [6, 6.07) is 15.2. The van der Waals surface area contributed by atoms with E-state index in [-0.39, 0.29) is 16.6 Å². The Kier molecular flexibility index (Phi) is 7.74. The molecule has 0 aliphatic rings. The molecule has 0 aliphatic carbocycles. The highest BCUT2D eigenvalue weighted by atomic mass is 35.5. The molecular formula is C21H23ClN4O3S2. The van der Waals surface area contributed by atoms with Gasteiger partial charge in [-0.2, -0.15) is 0 Å². The molecule has 3 rings (SSSR count). The van der Waals surface area contributed by atoms with Gasteiger partial charge in [0.2, 0.25) is 5.91 Å². The Bertz CT molecular complexity index is 1150. The van der Waals surface area contributed by atoms with E-state index in [4.69, 9.17) is 11.6 Å². The Morgan fingerprint density at radius 2 is 1.87 bits per heavy atom. The number of benzene rings is 2. The third kappa shape index (κ3) is 5.87. The van der Waals surface area contributed by atoms with Crippen LogP contribution in [0.15, 0.2) is 64.6 Å². The molecule has 0 spiro atoms. The van der Waals surface area contributed by atoms with Crippen LogP contribution in [0.3, 0.4) is 0 Å². The van der Waals surface area contributed by atoms with E-state index < -0.39 is 15.1 Å². The summed E-state index contributed by atoms with van der Waals surface area (Å²) in [5.41, 5.74) is 0.614. The summed E-state index contributed by atoms with van der Waals surface area (Å²) in [5, 5.41) is 11.8. The van der Waals surface area contributed by atoms with Gasteiger partial charge in [0.15, 0.2) is 15.0 Å². The van der Waals surface area contributed by atoms with Gasteiger partial charge in [0.25, 0.3) is 0 Å². The van der Waals surface area contributed by atoms with E-state index in [1.807, 2.05) is 13.8 Å². The molecule has 0 saturated heterocycles. The lowest BCUT2D eigenvalue weighted by Crippen LogP contribution is -2.25. The lowest BCUT2D eigenvalue weighted by molar-refractivity contribution is -0.115. The molecule has 0 fully saturated rings. The number of carbonyl (C=O) groups excluding carboxylic acids is 1. The minimum atomic E-state index is -3.55. The molecule has 7 nitrogen and oxygen atoms in total. The predicted molar refractivity (Wildman–Crippen MR) is 123 cm³/mol. The first-order valence-electron chi connectivity index (χ1n) is 9.77. The van der Waals surface area contributed by atoms with Crippen molar-refractivity contribution in [2.24, 2.45) is 0 Å². The zero-order chi connectivity index (χ0) is 22.4. The smallest absolute Gasteiger partial charge is 0.237 e. The first-order valence-corrected chi connectivity index (χ1v) is 12.7. The van der Waals surface area contributed by atoms with Crippen molar-refractivity contribution in [2.75, 3.05) is 5.32 Å². The summed E-state index contributed by atoms with van der Waals surface area (Å²) in [6.45, 7) is 4.28. The van der Waals surface area contributed by atoms with Crippen molar-refractivity contribution >= 4 is 44.8 Å². The molecule has 1 unspecified atom stereocenters. The summed E-state index contributed by atoms with van der Waals surface area (Å²) in [4.78, 5) is 13.0. The number of nitrogens with zero attached hydrogens (tertiary/aromatic N) is 3. The third-order valence-electron chi connectivity index (χ3n) is 4.53. The van der Waals surface area contributed by atoms with Crippen molar-refractivity contribution in [1.29, 1.82) is 0 Å². The summed E-state index contributed by atoms with van der Waals surface area (Å²) in [7, 11) is -3.55. The van der Waals surface area contributed by atoms with Crippen molar-refractivity contribution in [3.8, 4) is 0 Å². The number of thioether (sulfide) groups is 1. The van der Waals surface area contributed by atoms with Gasteiger partial charge in [0.05, 0.1) is 10.1 Å². The average molecular weight is 479 g/mol. The fraction of sp³-hybridized carbons (Fsp3) is 0.286. The molecule has 31 heavy (non-hydrogen) atoms. The SMILES string of the molecule is CCC(Sc1nnc(CS(=O)(=O)c2ccccc2)n1CC)C(=O)Nc1cccc(Cl)c1. The minimum absolute atomic E-state index is 0.182. The summed E-state index contributed by atoms with van der Waals surface area (Å²) in [6.07, 6.45) is 0.561. The van der Waals surface area contributed by atoms with E-state index in [0.717, 1.165) is 0 Å². The van der Waals surface area contributed by atoms with Gasteiger partial charge in [-0.1, -0.05) is 54.6 Å². The maximum atomic E-state index is 12.8. The standard InChI is InChI=1S/C21H23ClN4O3S2/c1-3-18(20(27)23-16-10-8-9-15(22)13-16)30-21-25-24-19(26(21)4-2)14-31(28,29)17-11-6-5-7-12-17/h5-13,18H,3-4,14H2,1-2H3,(H,23,27). The Balaban J connectivity index is 1.77. The molecule has 0 aliphatic heterocycles. The monoisotopic (exact) mass is 478 g/mol. The van der Waals surface area contributed by atoms with Gasteiger partial charge in [0, 0.05) is 17.3 Å². The molecule has 0 bridgehead atoms. The zero-order valence-electron chi connectivity index (χ0n) is 17.2. The number of hydrogen-bond acceptors (Lipinski definition) is 6. The van der Waals surface area contributed by atoms with E-state index in [2.05, 4.69) is 15.5 Å². The lowest BCUT2D eigenvalue weighted by atomic mass is 10.3. The fourth-order valence-corrected chi connectivity index (χ4v) is 5.47. The van der Waals surface area contributed by atoms with Crippen molar-refractivity contribution in [2.45, 2.75) is 47.9 Å². The number of nitrogens with one attached hydrogen (secondary N) is 1. The minimum Gasteiger partial charge on any atom is -0.325 e. The molecule has 1 N–H and O–H groups in total. The maximum absolute atomic E-state index is 12.8. The molecular weight excluding hydrogens is 456 g/mol. The van der Waals surface area contributed by atoms with Gasteiger partial charge in [-0.05, 0) is 43.7 Å². The largest absolute Gasteiger partial charge is 0.325 e. The van der Waals surface area contributed by atoms with Crippen molar-refractivity contribution in [3.05, 3.63) is 65.4 Å². The van der Waals surface area contributed by atoms with Gasteiger partial charge in [0.1, 0.15) is 11.6 Å². The van der Waals surface area contributed by atoms with Gasteiger partial charge in [-0.15, -0.1) is 10.2 Å². The van der Waals surface area contributed by atoms with Gasteiger partial charge in [-0.3, -0.25) is 4.79 Å². The molecule has 10 heteroatoms. The molecule has 2 aromatic carbocycles. The molecule has 0 radical (unpaired) electrons. The second-order valence-corrected chi connectivity index (χ2v) is 10.3. The van der Waals surface area contributed by atoms with Crippen LogP contribution in [-0.4, -0.2) is 34.3 Å². The first-order chi connectivity index (χ1) is 14.8. The van der Waals surface area contributed by atoms with Crippen LogP contribution in [0.25, 0.3) is 0 Å². The average Bonchev–Trinajstić information content (AvgIpc) is 3.12. The highest BCUT2D eigenvalue weighted by molar-refractivity contribution is 8.00. The fourth-order valence-electron chi connectivity index (χ4n) is 2.95. The summed E-state index contributed by atoms with van der Waals surface area (Å²) < 4.78 is 27.2. The number of aromatic nitrogens is 3. The first kappa shape index (κ1) is 23.3. The van der Waals surface area contributed by atoms with E-state index >= 15 is 0 Å². The van der Waals surface area contributed by atoms with Gasteiger partial charge in [-0.25, -0.2) is 8.42 Å². The second kappa shape index (κ2) is 10.3. The predicted octanol–water partition coefficient (Wildman–Crippen LogP) is 4.43. The van der Waals surface area contributed by atoms with E-state index in [1.165, 1.54) is 11.8 Å². The van der Waals surface area contributed by atoms with Crippen LogP contribution in [0.4, 0.5) is 5.69 Å². The highest BCUT2D eigenvalue weighted by Gasteiger charge is 2.25. The lowest BCUT2D eigenvalue weighted by Gasteiger charge is -2.15. The quantitative estimate of drug-likeness (QED) is 0.457. The van der Waals surface area contributed by atoms with Crippen molar-refractivity contribution in [3.63, 3.8) is 0 Å². The molecule has 0 saturated carbocycles. The van der Waals surface area contributed by atoms with Crippen LogP contribution in [0, 0.1) is 0 Å². The number of carbonyl (C=O) groups is 1. The van der Waals surface area contributed by atoms with Crippen LogP contribution in [0.2, 0.25) is 5.02 Å². The second-order valence-electron chi connectivity index (χ2n) is 6.73. The number of anilines is 1. The van der Waals surface area contributed by atoms with Gasteiger partial charge >= 0.3 is 0 Å². The van der Waals surface area contributed by atoms with E-state index in [0.29, 0.717) is 34.7 Å². The van der Waals surface area contributed by atoms with Crippen LogP contribution in [-0.2, 0) is 26.9 Å². The molecule has 164 valence electrons. The summed E-state index contributed by atoms with van der Waals surface area (Å²) >= 11 is 7.25. The van der Waals surface area contributed by atoms with Crippen LogP contribution in [0.5, 0.6) is 0 Å². The van der Waals surface area contributed by atoms with Crippen LogP contribution in [0.1, 0.15) is 26.1 Å². The molecule has 1 atom stereocenters. The Morgan fingerprint density at radius 3 is 2.52 bits per heavy atom. The molecule has 3 aromatic rings. The van der Waals surface area contributed by atoms with Crippen molar-refractivity contribution < 1.29 is 13.2 Å². The molecule has 1 amide bonds. The van der Waals surface area contributed by atoms with Crippen molar-refractivity contribution in [1.82, 2.24) is 14.8 Å². The number of rotatable bonds is 9. The molecule has 1 heterocycles. The Labute approximate surface area is 191 Å². The number of hydrogen-bond donors (Lipinski definition) is 1. The topological polar surface area (TPSA) is 93.9 Å². The van der Waals surface area contributed by atoms with Gasteiger partial charge < -0.3 is 9.88 Å². The van der Waals surface area contributed by atoms with Crippen LogP contribution >= 0.6 is 23.4 Å². The zero-order valence-corrected chi connectivity index (χ0v) is 19.5. The van der Waals surface area contributed by atoms with E-state index in [1.54, 1.807) is 59.2 Å². The highest BCUT2D eigenvalue weighted by Crippen LogP contribution is 2.27. The number of halogens is 1. The Morgan fingerprint density at radius 1 is 1.13 bits per heavy atom. The van der Waals surface area contributed by atoms with Crippen LogP contribution < -0.4 is 5.32 Å². The molecule has 1 aromatic heterocycles.